The van der Waals surface area contributed by atoms with Gasteiger partial charge in [0.05, 0.1) is 17.9 Å². The van der Waals surface area contributed by atoms with Crippen LogP contribution in [0, 0.1) is 29.6 Å². The number of thiazole rings is 1. The van der Waals surface area contributed by atoms with E-state index in [9.17, 15) is 10.5 Å². The maximum Gasteiger partial charge on any atom is 0.233 e. The number of aliphatic hydroxyl groups is 1. The number of pyridine rings is 1. The van der Waals surface area contributed by atoms with Gasteiger partial charge in [0.25, 0.3) is 0 Å². The maximum atomic E-state index is 10.2. The van der Waals surface area contributed by atoms with E-state index in [2.05, 4.69) is 48.3 Å². The molecule has 9 heteroatoms. The number of thioether (sulfide) groups is 1. The van der Waals surface area contributed by atoms with Crippen molar-refractivity contribution in [3.05, 3.63) is 76.3 Å². The van der Waals surface area contributed by atoms with Crippen LogP contribution in [0.25, 0.3) is 21.7 Å². The summed E-state index contributed by atoms with van der Waals surface area (Å²) >= 11 is 3.00. The van der Waals surface area contributed by atoms with Crippen molar-refractivity contribution in [2.75, 3.05) is 13.2 Å². The van der Waals surface area contributed by atoms with E-state index in [1.807, 2.05) is 5.38 Å². The normalized spacial score (nSPS) is 12.8. The van der Waals surface area contributed by atoms with Gasteiger partial charge in [-0.2, -0.15) is 10.5 Å². The predicted octanol–water partition coefficient (Wildman–Crippen LogP) is 6.52. The molecule has 1 aliphatic rings. The molecule has 4 aromatic rings. The standard InChI is InChI=1S/C30H26N4O3S2/c1-19-5-7-21(8-6-19)29-33-22(17-38-29)18-39-30-26(16-32)27(20-9-11-23(12-10-20)36-14-13-35)25(15-31)28(34-30)37-24-3-2-4-24/h5-12,17,24,35H,2-4,13-14,18H2,1H3. The lowest BCUT2D eigenvalue weighted by atomic mass is 9.95. The number of aliphatic hydroxyl groups excluding tert-OH is 1. The highest BCUT2D eigenvalue weighted by molar-refractivity contribution is 7.98. The molecule has 2 heterocycles. The van der Waals surface area contributed by atoms with E-state index in [0.717, 1.165) is 35.5 Å². The zero-order chi connectivity index (χ0) is 27.2. The monoisotopic (exact) mass is 554 g/mol. The van der Waals surface area contributed by atoms with Crippen LogP contribution in [0.15, 0.2) is 58.9 Å². The zero-order valence-corrected chi connectivity index (χ0v) is 23.0. The highest BCUT2D eigenvalue weighted by Gasteiger charge is 2.27. The first-order valence-corrected chi connectivity index (χ1v) is 14.5. The Kier molecular flexibility index (Phi) is 8.43. The van der Waals surface area contributed by atoms with Gasteiger partial charge in [0, 0.05) is 22.3 Å². The minimum absolute atomic E-state index is 0.0214. The average molecular weight is 555 g/mol. The lowest BCUT2D eigenvalue weighted by molar-refractivity contribution is 0.113. The first-order chi connectivity index (χ1) is 19.1. The summed E-state index contributed by atoms with van der Waals surface area (Å²) in [6.45, 7) is 2.16. The first kappa shape index (κ1) is 26.7. The number of hydrogen-bond donors (Lipinski definition) is 1. The predicted molar refractivity (Wildman–Crippen MR) is 152 cm³/mol. The molecule has 0 saturated heterocycles. The van der Waals surface area contributed by atoms with Crippen molar-refractivity contribution in [2.24, 2.45) is 0 Å². The van der Waals surface area contributed by atoms with Crippen molar-refractivity contribution in [3.63, 3.8) is 0 Å². The molecule has 0 aliphatic heterocycles. The molecule has 2 aromatic carbocycles. The van der Waals surface area contributed by atoms with E-state index < -0.39 is 0 Å². The SMILES string of the molecule is Cc1ccc(-c2nc(CSc3nc(OC4CCC4)c(C#N)c(-c4ccc(OCCO)cc4)c3C#N)cs2)cc1. The Balaban J connectivity index is 1.48. The second-order valence-electron chi connectivity index (χ2n) is 9.14. The number of ether oxygens (including phenoxy) is 2. The molecule has 0 spiro atoms. The zero-order valence-electron chi connectivity index (χ0n) is 21.4. The average Bonchev–Trinajstić information content (AvgIpc) is 3.42. The summed E-state index contributed by atoms with van der Waals surface area (Å²) < 4.78 is 11.6. The van der Waals surface area contributed by atoms with Gasteiger partial charge in [0.1, 0.15) is 46.2 Å². The smallest absolute Gasteiger partial charge is 0.233 e. The number of hydrogen-bond acceptors (Lipinski definition) is 9. The van der Waals surface area contributed by atoms with Crippen LogP contribution in [-0.4, -0.2) is 34.4 Å². The molecule has 1 aliphatic carbocycles. The van der Waals surface area contributed by atoms with Crippen LogP contribution >= 0.6 is 23.1 Å². The molecule has 1 saturated carbocycles. The summed E-state index contributed by atoms with van der Waals surface area (Å²) in [5.41, 5.74) is 4.93. The van der Waals surface area contributed by atoms with Crippen molar-refractivity contribution in [2.45, 2.75) is 43.1 Å². The van der Waals surface area contributed by atoms with Crippen molar-refractivity contribution in [1.82, 2.24) is 9.97 Å². The van der Waals surface area contributed by atoms with Crippen LogP contribution in [0.2, 0.25) is 0 Å². The van der Waals surface area contributed by atoms with Crippen LogP contribution < -0.4 is 9.47 Å². The molecule has 1 N–H and O–H groups in total. The van der Waals surface area contributed by atoms with E-state index in [0.29, 0.717) is 33.2 Å². The molecule has 39 heavy (non-hydrogen) atoms. The molecule has 196 valence electrons. The van der Waals surface area contributed by atoms with Crippen molar-refractivity contribution < 1.29 is 14.6 Å². The molecule has 0 bridgehead atoms. The van der Waals surface area contributed by atoms with Crippen LogP contribution in [0.3, 0.4) is 0 Å². The first-order valence-electron chi connectivity index (χ1n) is 12.6. The van der Waals surface area contributed by atoms with Gasteiger partial charge in [0.2, 0.25) is 5.88 Å². The van der Waals surface area contributed by atoms with E-state index in [-0.39, 0.29) is 30.8 Å². The largest absolute Gasteiger partial charge is 0.491 e. The third-order valence-corrected chi connectivity index (χ3v) is 8.34. The van der Waals surface area contributed by atoms with Crippen LogP contribution in [0.1, 0.15) is 41.6 Å². The summed E-state index contributed by atoms with van der Waals surface area (Å²) in [6, 6.07) is 19.9. The highest BCUT2D eigenvalue weighted by Crippen LogP contribution is 2.40. The van der Waals surface area contributed by atoms with Crippen LogP contribution in [-0.2, 0) is 5.75 Å². The Morgan fingerprint density at radius 3 is 2.36 bits per heavy atom. The fraction of sp³-hybridized carbons (Fsp3) is 0.267. The summed E-state index contributed by atoms with van der Waals surface area (Å²) in [4.78, 5) is 9.48. The molecule has 0 radical (unpaired) electrons. The molecule has 7 nitrogen and oxygen atoms in total. The maximum absolute atomic E-state index is 10.2. The second-order valence-corrected chi connectivity index (χ2v) is 11.0. The molecular formula is C30H26N4O3S2. The second kappa shape index (κ2) is 12.3. The number of nitrogens with zero attached hydrogens (tertiary/aromatic N) is 4. The Morgan fingerprint density at radius 2 is 1.72 bits per heavy atom. The van der Waals surface area contributed by atoms with Crippen molar-refractivity contribution in [3.8, 4) is 45.5 Å². The lowest BCUT2D eigenvalue weighted by Gasteiger charge is -2.27. The van der Waals surface area contributed by atoms with Gasteiger partial charge in [0.15, 0.2) is 0 Å². The number of aromatic nitrogens is 2. The van der Waals surface area contributed by atoms with Gasteiger partial charge in [-0.05, 0) is 43.9 Å². The fourth-order valence-corrected chi connectivity index (χ4v) is 5.90. The van der Waals surface area contributed by atoms with Crippen molar-refractivity contribution >= 4 is 23.1 Å². The molecule has 0 unspecified atom stereocenters. The fourth-order valence-electron chi connectivity index (χ4n) is 4.10. The molecular weight excluding hydrogens is 528 g/mol. The van der Waals surface area contributed by atoms with Gasteiger partial charge in [-0.3, -0.25) is 0 Å². The molecule has 2 aromatic heterocycles. The summed E-state index contributed by atoms with van der Waals surface area (Å²) in [7, 11) is 0. The third-order valence-electron chi connectivity index (χ3n) is 6.39. The molecule has 5 rings (SSSR count). The van der Waals surface area contributed by atoms with Crippen LogP contribution in [0.5, 0.6) is 11.6 Å². The minimum Gasteiger partial charge on any atom is -0.491 e. The van der Waals surface area contributed by atoms with Gasteiger partial charge >= 0.3 is 0 Å². The number of benzene rings is 2. The van der Waals surface area contributed by atoms with Gasteiger partial charge in [-0.25, -0.2) is 9.97 Å². The van der Waals surface area contributed by atoms with Gasteiger partial charge < -0.3 is 14.6 Å². The highest BCUT2D eigenvalue weighted by atomic mass is 32.2. The Bertz CT molecular complexity index is 1530. The number of rotatable bonds is 10. The summed E-state index contributed by atoms with van der Waals surface area (Å²) in [5, 5.41) is 32.9. The van der Waals surface area contributed by atoms with E-state index in [1.54, 1.807) is 35.6 Å². The third kappa shape index (κ3) is 6.07. The van der Waals surface area contributed by atoms with Gasteiger partial charge in [-0.1, -0.05) is 53.7 Å². The lowest BCUT2D eigenvalue weighted by Crippen LogP contribution is -2.25. The Labute approximate surface area is 235 Å². The van der Waals surface area contributed by atoms with Crippen LogP contribution in [0.4, 0.5) is 0 Å². The quantitative estimate of drug-likeness (QED) is 0.221. The summed E-state index contributed by atoms with van der Waals surface area (Å²) in [6.07, 6.45) is 2.94. The number of nitriles is 2. The molecule has 0 amide bonds. The van der Waals surface area contributed by atoms with E-state index in [4.69, 9.17) is 19.6 Å². The minimum atomic E-state index is -0.0861. The summed E-state index contributed by atoms with van der Waals surface area (Å²) in [5.74, 6) is 1.37. The Morgan fingerprint density at radius 1 is 1.00 bits per heavy atom. The van der Waals surface area contributed by atoms with Gasteiger partial charge in [-0.15, -0.1) is 11.3 Å². The Hall–Kier alpha value is -3.89. The molecule has 1 fully saturated rings. The van der Waals surface area contributed by atoms with E-state index in [1.165, 1.54) is 17.3 Å². The van der Waals surface area contributed by atoms with Crippen molar-refractivity contribution in [1.29, 1.82) is 10.5 Å². The number of aryl methyl sites for hydroxylation is 1. The molecule has 0 atom stereocenters. The van der Waals surface area contributed by atoms with E-state index >= 15 is 0 Å². The topological polar surface area (TPSA) is 112 Å².